The van der Waals surface area contributed by atoms with E-state index in [1.165, 1.54) is 6.07 Å². The van der Waals surface area contributed by atoms with Crippen LogP contribution in [0, 0.1) is 5.92 Å². The zero-order valence-electron chi connectivity index (χ0n) is 13.4. The number of halogens is 3. The highest BCUT2D eigenvalue weighted by Crippen LogP contribution is 2.37. The van der Waals surface area contributed by atoms with Crippen LogP contribution in [0.4, 0.5) is 24.5 Å². The van der Waals surface area contributed by atoms with Crippen LogP contribution in [-0.4, -0.2) is 38.4 Å². The van der Waals surface area contributed by atoms with Crippen molar-refractivity contribution >= 4 is 17.3 Å². The predicted molar refractivity (Wildman–Crippen MR) is 84.0 cm³/mol. The van der Waals surface area contributed by atoms with Gasteiger partial charge in [0, 0.05) is 19.2 Å². The Hall–Kier alpha value is -2.12. The number of esters is 1. The summed E-state index contributed by atoms with van der Waals surface area (Å²) < 4.78 is 48.7. The maximum atomic E-state index is 12.9. The van der Waals surface area contributed by atoms with Gasteiger partial charge in [0.25, 0.3) is 0 Å². The van der Waals surface area contributed by atoms with E-state index < -0.39 is 18.1 Å². The SMILES string of the molecule is CCOC(=O)COc1ccc(N2CCCC(C(F)(F)F)C2)c(N)c1. The second-order valence-corrected chi connectivity index (χ2v) is 5.64. The van der Waals surface area contributed by atoms with Gasteiger partial charge in [-0.1, -0.05) is 0 Å². The van der Waals surface area contributed by atoms with Gasteiger partial charge in [0.15, 0.2) is 6.61 Å². The van der Waals surface area contributed by atoms with Gasteiger partial charge in [-0.3, -0.25) is 0 Å². The van der Waals surface area contributed by atoms with E-state index in [2.05, 4.69) is 0 Å². The molecule has 5 nitrogen and oxygen atoms in total. The van der Waals surface area contributed by atoms with Gasteiger partial charge in [0.2, 0.25) is 0 Å². The molecule has 0 bridgehead atoms. The first-order valence-electron chi connectivity index (χ1n) is 7.81. The smallest absolute Gasteiger partial charge is 0.393 e. The Balaban J connectivity index is 2.02. The monoisotopic (exact) mass is 346 g/mol. The van der Waals surface area contributed by atoms with E-state index in [1.54, 1.807) is 24.0 Å². The molecule has 8 heteroatoms. The second kappa shape index (κ2) is 7.63. The van der Waals surface area contributed by atoms with Crippen LogP contribution in [0.25, 0.3) is 0 Å². The normalized spacial score (nSPS) is 18.3. The number of nitrogen functional groups attached to an aromatic ring is 1. The lowest BCUT2D eigenvalue weighted by Crippen LogP contribution is -2.42. The molecule has 1 saturated heterocycles. The molecule has 0 radical (unpaired) electrons. The molecule has 1 aromatic rings. The summed E-state index contributed by atoms with van der Waals surface area (Å²) in [6.07, 6.45) is -3.60. The molecule has 0 aromatic heterocycles. The Labute approximate surface area is 138 Å². The van der Waals surface area contributed by atoms with Crippen LogP contribution in [0.5, 0.6) is 5.75 Å². The summed E-state index contributed by atoms with van der Waals surface area (Å²) in [7, 11) is 0. The van der Waals surface area contributed by atoms with Crippen LogP contribution < -0.4 is 15.4 Å². The number of carbonyl (C=O) groups excluding carboxylic acids is 1. The van der Waals surface area contributed by atoms with Crippen molar-refractivity contribution in [1.29, 1.82) is 0 Å². The summed E-state index contributed by atoms with van der Waals surface area (Å²) in [4.78, 5) is 12.9. The number of hydrogen-bond acceptors (Lipinski definition) is 5. The molecule has 1 fully saturated rings. The van der Waals surface area contributed by atoms with E-state index in [0.717, 1.165) is 0 Å². The topological polar surface area (TPSA) is 64.8 Å². The molecule has 1 aliphatic heterocycles. The van der Waals surface area contributed by atoms with Gasteiger partial charge in [-0.25, -0.2) is 4.79 Å². The molecule has 134 valence electrons. The molecule has 0 saturated carbocycles. The fourth-order valence-corrected chi connectivity index (χ4v) is 2.72. The molecule has 1 unspecified atom stereocenters. The highest BCUT2D eigenvalue weighted by Gasteiger charge is 2.42. The van der Waals surface area contributed by atoms with E-state index in [0.29, 0.717) is 30.1 Å². The zero-order chi connectivity index (χ0) is 17.7. The highest BCUT2D eigenvalue weighted by molar-refractivity contribution is 5.72. The molecule has 1 aliphatic rings. The van der Waals surface area contributed by atoms with Gasteiger partial charge in [-0.2, -0.15) is 13.2 Å². The Morgan fingerprint density at radius 2 is 2.17 bits per heavy atom. The number of ether oxygens (including phenoxy) is 2. The first kappa shape index (κ1) is 18.2. The minimum Gasteiger partial charge on any atom is -0.482 e. The molecule has 2 N–H and O–H groups in total. The molecule has 0 spiro atoms. The number of alkyl halides is 3. The Bertz CT molecular complexity index is 578. The van der Waals surface area contributed by atoms with Gasteiger partial charge in [-0.15, -0.1) is 0 Å². The van der Waals surface area contributed by atoms with Crippen molar-refractivity contribution in [3.63, 3.8) is 0 Å². The molecule has 1 aromatic carbocycles. The summed E-state index contributed by atoms with van der Waals surface area (Å²) in [6.45, 7) is 2.14. The van der Waals surface area contributed by atoms with E-state index in [9.17, 15) is 18.0 Å². The maximum absolute atomic E-state index is 12.9. The lowest BCUT2D eigenvalue weighted by molar-refractivity contribution is -0.176. The maximum Gasteiger partial charge on any atom is 0.393 e. The molecular weight excluding hydrogens is 325 g/mol. The third-order valence-corrected chi connectivity index (χ3v) is 3.89. The van der Waals surface area contributed by atoms with Gasteiger partial charge < -0.3 is 20.1 Å². The number of carbonyl (C=O) groups is 1. The molecular formula is C16H21F3N2O3. The van der Waals surface area contributed by atoms with Crippen molar-refractivity contribution in [2.45, 2.75) is 25.9 Å². The zero-order valence-corrected chi connectivity index (χ0v) is 13.4. The van der Waals surface area contributed by atoms with E-state index in [1.807, 2.05) is 0 Å². The standard InChI is InChI=1S/C16H21F3N2O3/c1-2-23-15(22)10-24-12-5-6-14(13(20)8-12)21-7-3-4-11(9-21)16(17,18)19/h5-6,8,11H,2-4,7,9-10,20H2,1H3. The largest absolute Gasteiger partial charge is 0.482 e. The number of anilines is 2. The third-order valence-electron chi connectivity index (χ3n) is 3.89. The fraction of sp³-hybridized carbons (Fsp3) is 0.562. The van der Waals surface area contributed by atoms with Crippen molar-refractivity contribution in [3.8, 4) is 5.75 Å². The van der Waals surface area contributed by atoms with E-state index in [-0.39, 0.29) is 26.2 Å². The van der Waals surface area contributed by atoms with Gasteiger partial charge in [0.05, 0.1) is 23.9 Å². The lowest BCUT2D eigenvalue weighted by Gasteiger charge is -2.35. The summed E-state index contributed by atoms with van der Waals surface area (Å²) in [5, 5.41) is 0. The number of benzene rings is 1. The molecule has 0 amide bonds. The first-order chi connectivity index (χ1) is 11.3. The van der Waals surface area contributed by atoms with Crippen molar-refractivity contribution in [2.75, 3.05) is 36.9 Å². The van der Waals surface area contributed by atoms with E-state index >= 15 is 0 Å². The van der Waals surface area contributed by atoms with Crippen molar-refractivity contribution < 1.29 is 27.4 Å². The van der Waals surface area contributed by atoms with Crippen molar-refractivity contribution in [1.82, 2.24) is 0 Å². The fourth-order valence-electron chi connectivity index (χ4n) is 2.72. The van der Waals surface area contributed by atoms with Crippen LogP contribution in [0.2, 0.25) is 0 Å². The number of rotatable bonds is 5. The van der Waals surface area contributed by atoms with Crippen LogP contribution in [0.1, 0.15) is 19.8 Å². The van der Waals surface area contributed by atoms with Crippen molar-refractivity contribution in [3.05, 3.63) is 18.2 Å². The number of nitrogens with two attached hydrogens (primary N) is 1. The minimum absolute atomic E-state index is 0.100. The average Bonchev–Trinajstić information content (AvgIpc) is 2.52. The quantitative estimate of drug-likeness (QED) is 0.656. The number of nitrogens with zero attached hydrogens (tertiary/aromatic N) is 1. The number of hydrogen-bond donors (Lipinski definition) is 1. The van der Waals surface area contributed by atoms with Crippen molar-refractivity contribution in [2.24, 2.45) is 5.92 Å². The number of piperidine rings is 1. The second-order valence-electron chi connectivity index (χ2n) is 5.64. The van der Waals surface area contributed by atoms with Gasteiger partial charge in [0.1, 0.15) is 5.75 Å². The Morgan fingerprint density at radius 1 is 1.42 bits per heavy atom. The lowest BCUT2D eigenvalue weighted by atomic mass is 9.97. The predicted octanol–water partition coefficient (Wildman–Crippen LogP) is 2.99. The van der Waals surface area contributed by atoms with Crippen LogP contribution in [0.15, 0.2) is 18.2 Å². The molecule has 2 rings (SSSR count). The van der Waals surface area contributed by atoms with E-state index in [4.69, 9.17) is 15.2 Å². The van der Waals surface area contributed by atoms with Crippen LogP contribution in [0.3, 0.4) is 0 Å². The summed E-state index contributed by atoms with van der Waals surface area (Å²) >= 11 is 0. The molecule has 0 aliphatic carbocycles. The molecule has 1 atom stereocenters. The average molecular weight is 346 g/mol. The third kappa shape index (κ3) is 4.69. The Morgan fingerprint density at radius 3 is 2.79 bits per heavy atom. The first-order valence-corrected chi connectivity index (χ1v) is 7.81. The summed E-state index contributed by atoms with van der Waals surface area (Å²) in [5.74, 6) is -1.47. The highest BCUT2D eigenvalue weighted by atomic mass is 19.4. The molecule has 24 heavy (non-hydrogen) atoms. The molecule has 1 heterocycles. The van der Waals surface area contributed by atoms with Gasteiger partial charge in [-0.05, 0) is 31.9 Å². The minimum atomic E-state index is -4.20. The summed E-state index contributed by atoms with van der Waals surface area (Å²) in [6, 6.07) is 4.71. The van der Waals surface area contributed by atoms with Crippen LogP contribution in [-0.2, 0) is 9.53 Å². The summed E-state index contributed by atoms with van der Waals surface area (Å²) in [5.41, 5.74) is 6.82. The van der Waals surface area contributed by atoms with Gasteiger partial charge >= 0.3 is 12.1 Å². The van der Waals surface area contributed by atoms with Crippen LogP contribution >= 0.6 is 0 Å². The Kier molecular flexibility index (Phi) is 5.80.